The van der Waals surface area contributed by atoms with Crippen molar-refractivity contribution in [1.29, 1.82) is 0 Å². The zero-order valence-corrected chi connectivity index (χ0v) is 26.8. The number of hydrogen-bond acceptors (Lipinski definition) is 2. The molecule has 0 spiro atoms. The second-order valence-electron chi connectivity index (χ2n) is 12.9. The first kappa shape index (κ1) is 27.8. The van der Waals surface area contributed by atoms with E-state index < -0.39 is 0 Å². The van der Waals surface area contributed by atoms with Gasteiger partial charge in [-0.15, -0.1) is 0 Å². The number of pyridine rings is 2. The fourth-order valence-corrected chi connectivity index (χ4v) is 8.03. The van der Waals surface area contributed by atoms with Crippen LogP contribution < -0.4 is 0 Å². The normalized spacial score (nSPS) is 12.7. The van der Waals surface area contributed by atoms with E-state index in [4.69, 9.17) is 4.98 Å². The Morgan fingerprint density at radius 2 is 1.29 bits per heavy atom. The van der Waals surface area contributed by atoms with Gasteiger partial charge in [0.25, 0.3) is 0 Å². The van der Waals surface area contributed by atoms with E-state index in [1.54, 1.807) is 0 Å². The Morgan fingerprint density at radius 3 is 2.14 bits per heavy atom. The van der Waals surface area contributed by atoms with Gasteiger partial charge in [-0.05, 0) is 110 Å². The van der Waals surface area contributed by atoms with Gasteiger partial charge in [0.2, 0.25) is 0 Å². The maximum Gasteiger partial charge on any atom is 0.0893 e. The molecule has 0 fully saturated rings. The van der Waals surface area contributed by atoms with Gasteiger partial charge in [-0.3, -0.25) is 9.97 Å². The summed E-state index contributed by atoms with van der Waals surface area (Å²) in [4.78, 5) is 9.53. The van der Waals surface area contributed by atoms with Crippen molar-refractivity contribution in [3.63, 3.8) is 0 Å². The summed E-state index contributed by atoms with van der Waals surface area (Å²) >= 11 is 0. The average molecular weight is 626 g/mol. The Kier molecular flexibility index (Phi) is 6.31. The summed E-state index contributed by atoms with van der Waals surface area (Å²) in [7, 11) is 0. The Hall–Kier alpha value is -6.32. The summed E-state index contributed by atoms with van der Waals surface area (Å²) in [5.41, 5.74) is 13.1. The van der Waals surface area contributed by atoms with E-state index in [1.165, 1.54) is 65.7 Å². The predicted octanol–water partition coefficient (Wildman–Crippen LogP) is 11.8. The number of rotatable bonds is 4. The molecule has 0 N–H and O–H groups in total. The minimum absolute atomic E-state index is 0.872. The predicted molar refractivity (Wildman–Crippen MR) is 205 cm³/mol. The van der Waals surface area contributed by atoms with Gasteiger partial charge in [0, 0.05) is 22.7 Å². The van der Waals surface area contributed by atoms with E-state index in [2.05, 4.69) is 143 Å². The minimum atomic E-state index is 0.872. The van der Waals surface area contributed by atoms with Crippen LogP contribution in [0.15, 0.2) is 158 Å². The molecule has 6 aromatic carbocycles. The molecule has 9 aromatic rings. The van der Waals surface area contributed by atoms with E-state index in [-0.39, 0.29) is 0 Å². The van der Waals surface area contributed by atoms with Crippen molar-refractivity contribution < 1.29 is 0 Å². The van der Waals surface area contributed by atoms with Crippen molar-refractivity contribution in [2.45, 2.75) is 12.8 Å². The van der Waals surface area contributed by atoms with Crippen molar-refractivity contribution >= 4 is 49.4 Å². The van der Waals surface area contributed by atoms with Crippen LogP contribution in [0.4, 0.5) is 0 Å². The van der Waals surface area contributed by atoms with Gasteiger partial charge in [-0.2, -0.15) is 0 Å². The highest BCUT2D eigenvalue weighted by atomic mass is 15.0. The number of para-hydroxylation sites is 1. The largest absolute Gasteiger partial charge is 0.308 e. The number of aromatic nitrogens is 3. The molecule has 3 heterocycles. The number of nitrogens with zero attached hydrogens (tertiary/aromatic N) is 3. The highest BCUT2D eigenvalue weighted by molar-refractivity contribution is 6.16. The molecule has 0 unspecified atom stereocenters. The van der Waals surface area contributed by atoms with Crippen LogP contribution in [0.3, 0.4) is 0 Å². The Labute approximate surface area is 284 Å². The molecule has 49 heavy (non-hydrogen) atoms. The summed E-state index contributed by atoms with van der Waals surface area (Å²) in [5, 5.41) is 7.51. The maximum atomic E-state index is 4.91. The number of fused-ring (bicyclic) bond motifs is 6. The zero-order valence-electron chi connectivity index (χ0n) is 26.8. The van der Waals surface area contributed by atoms with E-state index in [9.17, 15) is 0 Å². The van der Waals surface area contributed by atoms with Gasteiger partial charge in [-0.25, -0.2) is 0 Å². The lowest BCUT2D eigenvalue weighted by molar-refractivity contribution is 0.991. The van der Waals surface area contributed by atoms with Gasteiger partial charge in [0.1, 0.15) is 0 Å². The lowest BCUT2D eigenvalue weighted by Gasteiger charge is -2.24. The smallest absolute Gasteiger partial charge is 0.0893 e. The lowest BCUT2D eigenvalue weighted by Crippen LogP contribution is -2.03. The molecular weight excluding hydrogens is 595 g/mol. The second kappa shape index (κ2) is 11.1. The monoisotopic (exact) mass is 625 g/mol. The van der Waals surface area contributed by atoms with Crippen LogP contribution in [0.25, 0.3) is 88.8 Å². The SMILES string of the molecule is C1=Cc2c(c(-c3ccc4c(c3)c3cc(-c5ccccn5)ncc3n4-c3ccccc3)c3ccccc3c2-c2cccc3ccccc23)CC1. The van der Waals surface area contributed by atoms with E-state index in [0.29, 0.717) is 0 Å². The molecule has 0 bridgehead atoms. The third kappa shape index (κ3) is 4.36. The molecule has 0 aliphatic heterocycles. The molecule has 0 amide bonds. The molecule has 0 saturated heterocycles. The van der Waals surface area contributed by atoms with Crippen LogP contribution in [0.2, 0.25) is 0 Å². The zero-order chi connectivity index (χ0) is 32.3. The molecule has 3 heteroatoms. The van der Waals surface area contributed by atoms with Crippen molar-refractivity contribution in [1.82, 2.24) is 14.5 Å². The van der Waals surface area contributed by atoms with Crippen LogP contribution in [0.1, 0.15) is 17.5 Å². The first-order valence-electron chi connectivity index (χ1n) is 17.0. The van der Waals surface area contributed by atoms with Crippen molar-refractivity contribution in [2.24, 2.45) is 0 Å². The Balaban J connectivity index is 1.28. The van der Waals surface area contributed by atoms with Gasteiger partial charge in [0.15, 0.2) is 0 Å². The Bertz CT molecular complexity index is 2750. The fourth-order valence-electron chi connectivity index (χ4n) is 8.03. The minimum Gasteiger partial charge on any atom is -0.308 e. The maximum absolute atomic E-state index is 4.91. The molecule has 1 aliphatic rings. The summed E-state index contributed by atoms with van der Waals surface area (Å²) < 4.78 is 2.34. The van der Waals surface area contributed by atoms with Crippen LogP contribution in [-0.4, -0.2) is 14.5 Å². The van der Waals surface area contributed by atoms with Crippen molar-refractivity contribution in [3.8, 4) is 39.3 Å². The van der Waals surface area contributed by atoms with Crippen LogP contribution >= 0.6 is 0 Å². The van der Waals surface area contributed by atoms with Crippen molar-refractivity contribution in [3.05, 3.63) is 169 Å². The molecule has 0 radical (unpaired) electrons. The molecule has 3 nitrogen and oxygen atoms in total. The summed E-state index contributed by atoms with van der Waals surface area (Å²) in [6.45, 7) is 0. The van der Waals surface area contributed by atoms with Crippen LogP contribution in [0, 0.1) is 0 Å². The van der Waals surface area contributed by atoms with E-state index in [0.717, 1.165) is 41.0 Å². The molecule has 230 valence electrons. The molecule has 0 atom stereocenters. The average Bonchev–Trinajstić information content (AvgIpc) is 3.50. The molecule has 0 saturated carbocycles. The highest BCUT2D eigenvalue weighted by Crippen LogP contribution is 2.47. The standard InChI is InChI=1S/C46H31N3/c1-2-15-32(16-3-1)49-43-25-24-31(27-39(43)40-28-42(48-29-44(40)49)41-23-10-11-26-47-41)45-35-18-6-8-20-37(35)46(38-21-9-7-19-36(38)45)34-22-12-14-30-13-4-5-17-33(30)34/h1-6,8-18,20-29H,7,19H2. The molecule has 1 aliphatic carbocycles. The van der Waals surface area contributed by atoms with Gasteiger partial charge in [0.05, 0.1) is 28.6 Å². The topological polar surface area (TPSA) is 30.7 Å². The van der Waals surface area contributed by atoms with Crippen LogP contribution in [-0.2, 0) is 6.42 Å². The number of allylic oxidation sites excluding steroid dienone is 1. The van der Waals surface area contributed by atoms with Gasteiger partial charge in [-0.1, -0.05) is 109 Å². The molecule has 3 aromatic heterocycles. The summed E-state index contributed by atoms with van der Waals surface area (Å²) in [6, 6.07) is 50.3. The van der Waals surface area contributed by atoms with Crippen LogP contribution in [0.5, 0.6) is 0 Å². The number of hydrogen-bond donors (Lipinski definition) is 0. The lowest BCUT2D eigenvalue weighted by atomic mass is 9.79. The molecular formula is C46H31N3. The Morgan fingerprint density at radius 1 is 0.531 bits per heavy atom. The number of benzene rings is 6. The molecule has 10 rings (SSSR count). The summed E-state index contributed by atoms with van der Waals surface area (Å²) in [5.74, 6) is 0. The van der Waals surface area contributed by atoms with E-state index >= 15 is 0 Å². The first-order chi connectivity index (χ1) is 24.3. The van der Waals surface area contributed by atoms with Gasteiger partial charge >= 0.3 is 0 Å². The fraction of sp³-hybridized carbons (Fsp3) is 0.0435. The first-order valence-corrected chi connectivity index (χ1v) is 17.0. The third-order valence-electron chi connectivity index (χ3n) is 10.1. The second-order valence-corrected chi connectivity index (χ2v) is 12.9. The van der Waals surface area contributed by atoms with E-state index in [1.807, 2.05) is 30.6 Å². The van der Waals surface area contributed by atoms with Gasteiger partial charge < -0.3 is 4.57 Å². The third-order valence-corrected chi connectivity index (χ3v) is 10.1. The highest BCUT2D eigenvalue weighted by Gasteiger charge is 2.23. The quantitative estimate of drug-likeness (QED) is 0.195. The van der Waals surface area contributed by atoms with Crippen molar-refractivity contribution in [2.75, 3.05) is 0 Å². The summed E-state index contributed by atoms with van der Waals surface area (Å²) in [6.07, 6.45) is 10.6.